The van der Waals surface area contributed by atoms with Crippen molar-refractivity contribution in [2.75, 3.05) is 26.7 Å². The number of guanidine groups is 1. The molecule has 0 spiro atoms. The first kappa shape index (κ1) is 18.3. The van der Waals surface area contributed by atoms with E-state index in [9.17, 15) is 0 Å². The summed E-state index contributed by atoms with van der Waals surface area (Å²) in [6.07, 6.45) is 0.953. The molecule has 0 saturated carbocycles. The normalized spacial score (nSPS) is 12.7. The minimum atomic E-state index is 0.446. The number of ether oxygens (including phenoxy) is 1. The van der Waals surface area contributed by atoms with Gasteiger partial charge in [0.15, 0.2) is 5.96 Å². The molecule has 0 amide bonds. The van der Waals surface area contributed by atoms with Crippen molar-refractivity contribution in [3.63, 3.8) is 0 Å². The molecule has 2 N–H and O–H groups in total. The molecule has 1 aromatic heterocycles. The summed E-state index contributed by atoms with van der Waals surface area (Å²) in [5.74, 6) is 2.22. The Labute approximate surface area is 149 Å². The Balaban J connectivity index is 1.82. The number of hydrogen-bond acceptors (Lipinski definition) is 3. The van der Waals surface area contributed by atoms with Crippen LogP contribution in [0.15, 0.2) is 46.8 Å². The number of aliphatic imine (C=N–C) groups is 1. The van der Waals surface area contributed by atoms with Crippen LogP contribution in [0.3, 0.4) is 0 Å². The second-order valence-corrected chi connectivity index (χ2v) is 6.64. The summed E-state index contributed by atoms with van der Waals surface area (Å²) < 4.78 is 5.18. The van der Waals surface area contributed by atoms with Crippen LogP contribution >= 0.6 is 11.3 Å². The van der Waals surface area contributed by atoms with Crippen molar-refractivity contribution in [3.05, 3.63) is 52.2 Å². The lowest BCUT2D eigenvalue weighted by molar-refractivity contribution is 0.414. The number of hydrogen-bond donors (Lipinski definition) is 2. The van der Waals surface area contributed by atoms with Crippen molar-refractivity contribution in [1.82, 2.24) is 10.6 Å². The average Bonchev–Trinajstić information content (AvgIpc) is 3.14. The Kier molecular flexibility index (Phi) is 7.62. The van der Waals surface area contributed by atoms with E-state index in [-0.39, 0.29) is 0 Å². The lowest BCUT2D eigenvalue weighted by Crippen LogP contribution is -2.38. The number of benzene rings is 1. The minimum absolute atomic E-state index is 0.446. The largest absolute Gasteiger partial charge is 0.497 e. The zero-order valence-corrected chi connectivity index (χ0v) is 15.5. The molecule has 4 nitrogen and oxygen atoms in total. The van der Waals surface area contributed by atoms with Crippen LogP contribution in [0.1, 0.15) is 30.2 Å². The van der Waals surface area contributed by atoms with Crippen molar-refractivity contribution >= 4 is 17.3 Å². The number of methoxy groups -OCH3 is 1. The average molecular weight is 346 g/mol. The van der Waals surface area contributed by atoms with Crippen LogP contribution in [0.25, 0.3) is 0 Å². The number of rotatable bonds is 8. The van der Waals surface area contributed by atoms with E-state index < -0.39 is 0 Å². The number of nitrogens with one attached hydrogen (secondary N) is 2. The molecule has 1 aromatic carbocycles. The summed E-state index contributed by atoms with van der Waals surface area (Å²) >= 11 is 1.79. The first-order valence-corrected chi connectivity index (χ1v) is 9.29. The van der Waals surface area contributed by atoms with E-state index in [1.807, 2.05) is 12.1 Å². The van der Waals surface area contributed by atoms with E-state index in [2.05, 4.69) is 54.1 Å². The van der Waals surface area contributed by atoms with Crippen molar-refractivity contribution in [3.8, 4) is 5.75 Å². The molecule has 2 rings (SSSR count). The topological polar surface area (TPSA) is 45.7 Å². The van der Waals surface area contributed by atoms with Crippen LogP contribution in [0.5, 0.6) is 5.75 Å². The first-order chi connectivity index (χ1) is 11.7. The number of thiophene rings is 1. The van der Waals surface area contributed by atoms with E-state index in [1.54, 1.807) is 18.4 Å². The fourth-order valence-electron chi connectivity index (χ4n) is 2.35. The molecule has 24 heavy (non-hydrogen) atoms. The highest BCUT2D eigenvalue weighted by atomic mass is 32.1. The highest BCUT2D eigenvalue weighted by Gasteiger charge is 2.06. The van der Waals surface area contributed by atoms with Gasteiger partial charge in [-0.2, -0.15) is 0 Å². The maximum absolute atomic E-state index is 5.18. The van der Waals surface area contributed by atoms with Crippen LogP contribution in [0.4, 0.5) is 0 Å². The van der Waals surface area contributed by atoms with Gasteiger partial charge in [-0.3, -0.25) is 4.99 Å². The predicted octanol–water partition coefficient (Wildman–Crippen LogP) is 3.66. The highest BCUT2D eigenvalue weighted by molar-refractivity contribution is 7.10. The third-order valence-electron chi connectivity index (χ3n) is 3.76. The summed E-state index contributed by atoms with van der Waals surface area (Å²) in [6.45, 7) is 6.81. The molecule has 1 heterocycles. The lowest BCUT2D eigenvalue weighted by Gasteiger charge is -2.13. The van der Waals surface area contributed by atoms with E-state index in [4.69, 9.17) is 9.73 Å². The van der Waals surface area contributed by atoms with E-state index in [0.717, 1.165) is 37.8 Å². The van der Waals surface area contributed by atoms with Crippen molar-refractivity contribution in [2.24, 2.45) is 4.99 Å². The van der Waals surface area contributed by atoms with E-state index in [0.29, 0.717) is 5.92 Å². The third kappa shape index (κ3) is 5.89. The molecule has 130 valence electrons. The summed E-state index contributed by atoms with van der Waals surface area (Å²) in [4.78, 5) is 6.09. The molecule has 1 unspecified atom stereocenters. The molecular formula is C19H27N3OS. The summed E-state index contributed by atoms with van der Waals surface area (Å²) in [6, 6.07) is 12.5. The van der Waals surface area contributed by atoms with Crippen LogP contribution in [0.2, 0.25) is 0 Å². The molecular weight excluding hydrogens is 318 g/mol. The van der Waals surface area contributed by atoms with Gasteiger partial charge < -0.3 is 15.4 Å². The van der Waals surface area contributed by atoms with Gasteiger partial charge in [-0.15, -0.1) is 11.3 Å². The maximum atomic E-state index is 5.18. The van der Waals surface area contributed by atoms with Crippen LogP contribution in [0, 0.1) is 0 Å². The SMILES string of the molecule is CCNC(=NCC(C)c1cccs1)NCCc1ccc(OC)cc1. The fraction of sp³-hybridized carbons (Fsp3) is 0.421. The van der Waals surface area contributed by atoms with Crippen molar-refractivity contribution < 1.29 is 4.74 Å². The van der Waals surface area contributed by atoms with Gasteiger partial charge in [-0.1, -0.05) is 25.1 Å². The molecule has 5 heteroatoms. The Hall–Kier alpha value is -2.01. The predicted molar refractivity (Wildman–Crippen MR) is 103 cm³/mol. The molecule has 0 aliphatic carbocycles. The fourth-order valence-corrected chi connectivity index (χ4v) is 3.13. The maximum Gasteiger partial charge on any atom is 0.191 e. The molecule has 0 radical (unpaired) electrons. The first-order valence-electron chi connectivity index (χ1n) is 8.41. The van der Waals surface area contributed by atoms with Gasteiger partial charge in [0, 0.05) is 23.9 Å². The van der Waals surface area contributed by atoms with Gasteiger partial charge in [0.05, 0.1) is 13.7 Å². The van der Waals surface area contributed by atoms with Crippen LogP contribution < -0.4 is 15.4 Å². The van der Waals surface area contributed by atoms with Crippen LogP contribution in [-0.2, 0) is 6.42 Å². The second kappa shape index (κ2) is 9.98. The minimum Gasteiger partial charge on any atom is -0.497 e. The standard InChI is InChI=1S/C19H27N3OS/c1-4-20-19(22-14-15(2)18-6-5-13-24-18)21-12-11-16-7-9-17(23-3)10-8-16/h5-10,13,15H,4,11-12,14H2,1-3H3,(H2,20,21,22). The second-order valence-electron chi connectivity index (χ2n) is 5.66. The Morgan fingerprint density at radius 2 is 2.00 bits per heavy atom. The molecule has 0 aliphatic heterocycles. The highest BCUT2D eigenvalue weighted by Crippen LogP contribution is 2.20. The molecule has 0 bridgehead atoms. The van der Waals surface area contributed by atoms with Gasteiger partial charge in [0.25, 0.3) is 0 Å². The van der Waals surface area contributed by atoms with Gasteiger partial charge in [-0.05, 0) is 42.5 Å². The molecule has 0 fully saturated rings. The van der Waals surface area contributed by atoms with Crippen molar-refractivity contribution in [2.45, 2.75) is 26.2 Å². The molecule has 0 aliphatic rings. The van der Waals surface area contributed by atoms with Gasteiger partial charge in [0.2, 0.25) is 0 Å². The lowest BCUT2D eigenvalue weighted by atomic mass is 10.1. The Morgan fingerprint density at radius 3 is 2.62 bits per heavy atom. The van der Waals surface area contributed by atoms with Crippen LogP contribution in [-0.4, -0.2) is 32.7 Å². The monoisotopic (exact) mass is 345 g/mol. The molecule has 1 atom stereocenters. The Morgan fingerprint density at radius 1 is 1.21 bits per heavy atom. The van der Waals surface area contributed by atoms with Crippen molar-refractivity contribution in [1.29, 1.82) is 0 Å². The smallest absolute Gasteiger partial charge is 0.191 e. The van der Waals surface area contributed by atoms with E-state index in [1.165, 1.54) is 10.4 Å². The molecule has 0 saturated heterocycles. The van der Waals surface area contributed by atoms with Gasteiger partial charge in [-0.25, -0.2) is 0 Å². The van der Waals surface area contributed by atoms with Gasteiger partial charge >= 0.3 is 0 Å². The summed E-state index contributed by atoms with van der Waals surface area (Å²) in [5.41, 5.74) is 1.28. The van der Waals surface area contributed by atoms with E-state index >= 15 is 0 Å². The molecule has 2 aromatic rings. The summed E-state index contributed by atoms with van der Waals surface area (Å²) in [7, 11) is 1.69. The zero-order valence-electron chi connectivity index (χ0n) is 14.7. The number of nitrogens with zero attached hydrogens (tertiary/aromatic N) is 1. The van der Waals surface area contributed by atoms with Gasteiger partial charge in [0.1, 0.15) is 5.75 Å². The summed E-state index contributed by atoms with van der Waals surface area (Å²) in [5, 5.41) is 8.84. The quantitative estimate of drug-likeness (QED) is 0.567. The third-order valence-corrected chi connectivity index (χ3v) is 4.87. The zero-order chi connectivity index (χ0) is 17.2. The Bertz CT molecular complexity index is 608.